The molecule has 1 heterocycles. The van der Waals surface area contributed by atoms with Crippen molar-refractivity contribution >= 4 is 40.9 Å². The van der Waals surface area contributed by atoms with Crippen LogP contribution in [0.15, 0.2) is 17.5 Å². The highest BCUT2D eigenvalue weighted by atomic mass is 32.2. The van der Waals surface area contributed by atoms with Crippen molar-refractivity contribution in [2.24, 2.45) is 0 Å². The molecule has 0 spiro atoms. The number of carboxylic acids is 2. The van der Waals surface area contributed by atoms with Gasteiger partial charge >= 0.3 is 11.9 Å². The van der Waals surface area contributed by atoms with Gasteiger partial charge in [-0.3, -0.25) is 14.4 Å². The van der Waals surface area contributed by atoms with Gasteiger partial charge in [0.05, 0.1) is 5.75 Å². The quantitative estimate of drug-likeness (QED) is 0.743. The van der Waals surface area contributed by atoms with E-state index in [1.54, 1.807) is 11.3 Å². The molecule has 0 aliphatic rings. The van der Waals surface area contributed by atoms with E-state index in [4.69, 9.17) is 10.2 Å². The second-order valence-electron chi connectivity index (χ2n) is 3.61. The van der Waals surface area contributed by atoms with Crippen LogP contribution in [0, 0.1) is 0 Å². The molecule has 0 atom stereocenters. The molecular formula is C11H13NO5S2. The maximum absolute atomic E-state index is 11.7. The summed E-state index contributed by atoms with van der Waals surface area (Å²) in [4.78, 5) is 34.8. The van der Waals surface area contributed by atoms with Crippen molar-refractivity contribution in [1.82, 2.24) is 4.90 Å². The Labute approximate surface area is 118 Å². The van der Waals surface area contributed by atoms with Gasteiger partial charge in [0.1, 0.15) is 13.1 Å². The van der Waals surface area contributed by atoms with Crippen molar-refractivity contribution < 1.29 is 24.6 Å². The largest absolute Gasteiger partial charge is 0.480 e. The summed E-state index contributed by atoms with van der Waals surface area (Å²) >= 11 is 2.91. The van der Waals surface area contributed by atoms with Gasteiger partial charge in [0.25, 0.3) is 0 Å². The Kier molecular flexibility index (Phi) is 6.37. The fourth-order valence-electron chi connectivity index (χ4n) is 1.28. The molecule has 0 saturated heterocycles. The van der Waals surface area contributed by atoms with Crippen LogP contribution in [0.4, 0.5) is 0 Å². The lowest BCUT2D eigenvalue weighted by molar-refractivity contribution is -0.148. The van der Waals surface area contributed by atoms with E-state index in [-0.39, 0.29) is 5.75 Å². The van der Waals surface area contributed by atoms with Crippen LogP contribution < -0.4 is 0 Å². The van der Waals surface area contributed by atoms with Crippen molar-refractivity contribution in [2.75, 3.05) is 18.8 Å². The molecule has 0 radical (unpaired) electrons. The molecule has 1 rings (SSSR count). The van der Waals surface area contributed by atoms with Crippen LogP contribution in [0.25, 0.3) is 0 Å². The summed E-state index contributed by atoms with van der Waals surface area (Å²) in [6.45, 7) is -1.19. The van der Waals surface area contributed by atoms with E-state index in [9.17, 15) is 14.4 Å². The number of carbonyl (C=O) groups is 3. The molecule has 0 aromatic carbocycles. The first-order valence-corrected chi connectivity index (χ1v) is 7.34. The van der Waals surface area contributed by atoms with E-state index in [2.05, 4.69) is 0 Å². The second-order valence-corrected chi connectivity index (χ2v) is 5.63. The third-order valence-corrected chi connectivity index (χ3v) is 4.08. The van der Waals surface area contributed by atoms with Gasteiger partial charge < -0.3 is 15.1 Å². The molecule has 8 heteroatoms. The smallest absolute Gasteiger partial charge is 0.323 e. The van der Waals surface area contributed by atoms with E-state index >= 15 is 0 Å². The van der Waals surface area contributed by atoms with Crippen molar-refractivity contribution in [3.8, 4) is 0 Å². The minimum atomic E-state index is -1.22. The Morgan fingerprint density at radius 2 is 1.84 bits per heavy atom. The summed E-state index contributed by atoms with van der Waals surface area (Å²) < 4.78 is 0. The summed E-state index contributed by atoms with van der Waals surface area (Å²) in [5, 5.41) is 19.2. The van der Waals surface area contributed by atoms with Gasteiger partial charge in [0, 0.05) is 10.6 Å². The molecule has 1 aromatic rings. The molecule has 0 fully saturated rings. The number of thioether (sulfide) groups is 1. The molecule has 0 aliphatic carbocycles. The first-order valence-electron chi connectivity index (χ1n) is 5.30. The highest BCUT2D eigenvalue weighted by molar-refractivity contribution is 7.99. The number of hydrogen-bond donors (Lipinski definition) is 2. The maximum atomic E-state index is 11.7. The average Bonchev–Trinajstić information content (AvgIpc) is 2.79. The first-order chi connectivity index (χ1) is 8.99. The monoisotopic (exact) mass is 303 g/mol. The van der Waals surface area contributed by atoms with Crippen molar-refractivity contribution in [3.63, 3.8) is 0 Å². The number of aliphatic carboxylic acids is 2. The Morgan fingerprint density at radius 3 is 2.32 bits per heavy atom. The van der Waals surface area contributed by atoms with Gasteiger partial charge in [-0.1, -0.05) is 6.07 Å². The highest BCUT2D eigenvalue weighted by Crippen LogP contribution is 2.17. The van der Waals surface area contributed by atoms with Crippen LogP contribution in [0.1, 0.15) is 4.88 Å². The molecule has 1 amide bonds. The molecule has 0 saturated carbocycles. The Bertz CT molecular complexity index is 430. The maximum Gasteiger partial charge on any atom is 0.323 e. The fraction of sp³-hybridized carbons (Fsp3) is 0.364. The highest BCUT2D eigenvalue weighted by Gasteiger charge is 2.19. The zero-order valence-corrected chi connectivity index (χ0v) is 11.6. The second kappa shape index (κ2) is 7.80. The lowest BCUT2D eigenvalue weighted by atomic mass is 10.4. The molecule has 2 N–H and O–H groups in total. The SMILES string of the molecule is O=C(O)CN(CC(=O)O)C(=O)CSCc1cccs1. The van der Waals surface area contributed by atoms with Crippen LogP contribution in [0.5, 0.6) is 0 Å². The Hall–Kier alpha value is -1.54. The van der Waals surface area contributed by atoms with Gasteiger partial charge in [-0.2, -0.15) is 0 Å². The zero-order chi connectivity index (χ0) is 14.3. The number of rotatable bonds is 8. The molecular weight excluding hydrogens is 290 g/mol. The number of amides is 1. The number of nitrogens with zero attached hydrogens (tertiary/aromatic N) is 1. The van der Waals surface area contributed by atoms with E-state index in [1.807, 2.05) is 17.5 Å². The summed E-state index contributed by atoms with van der Waals surface area (Å²) in [6, 6.07) is 3.85. The Balaban J connectivity index is 2.42. The summed E-state index contributed by atoms with van der Waals surface area (Å²) in [5.74, 6) is -2.21. The number of thiophene rings is 1. The van der Waals surface area contributed by atoms with Crippen molar-refractivity contribution in [3.05, 3.63) is 22.4 Å². The van der Waals surface area contributed by atoms with Crippen molar-refractivity contribution in [1.29, 1.82) is 0 Å². The predicted molar refractivity (Wildman–Crippen MR) is 72.3 cm³/mol. The molecule has 104 valence electrons. The molecule has 6 nitrogen and oxygen atoms in total. The lowest BCUT2D eigenvalue weighted by Gasteiger charge is -2.17. The molecule has 0 aliphatic heterocycles. The summed E-state index contributed by atoms with van der Waals surface area (Å²) in [7, 11) is 0. The van der Waals surface area contributed by atoms with Gasteiger partial charge in [0.15, 0.2) is 0 Å². The number of carbonyl (C=O) groups excluding carboxylic acids is 1. The van der Waals surface area contributed by atoms with E-state index in [0.29, 0.717) is 5.75 Å². The number of hydrogen-bond acceptors (Lipinski definition) is 5. The van der Waals surface area contributed by atoms with Crippen molar-refractivity contribution in [2.45, 2.75) is 5.75 Å². The third-order valence-electron chi connectivity index (χ3n) is 2.05. The molecule has 1 aromatic heterocycles. The summed E-state index contributed by atoms with van der Waals surface area (Å²) in [5.41, 5.74) is 0. The third kappa shape index (κ3) is 6.25. The number of carboxylic acid groups (broad SMARTS) is 2. The zero-order valence-electron chi connectivity index (χ0n) is 9.94. The van der Waals surface area contributed by atoms with E-state index < -0.39 is 30.9 Å². The van der Waals surface area contributed by atoms with E-state index in [1.165, 1.54) is 11.8 Å². The van der Waals surface area contributed by atoms with Crippen LogP contribution in [-0.2, 0) is 20.1 Å². The average molecular weight is 303 g/mol. The van der Waals surface area contributed by atoms with Crippen LogP contribution in [0.3, 0.4) is 0 Å². The minimum Gasteiger partial charge on any atom is -0.480 e. The minimum absolute atomic E-state index is 0.0679. The standard InChI is InChI=1S/C11H13NO5S2/c13-9(7-18-6-8-2-1-3-19-8)12(4-10(14)15)5-11(16)17/h1-3H,4-7H2,(H,14,15)(H,16,17). The van der Waals surface area contributed by atoms with Gasteiger partial charge in [0.2, 0.25) is 5.91 Å². The van der Waals surface area contributed by atoms with Crippen LogP contribution >= 0.6 is 23.1 Å². The van der Waals surface area contributed by atoms with Crippen LogP contribution in [0.2, 0.25) is 0 Å². The van der Waals surface area contributed by atoms with Gasteiger partial charge in [-0.25, -0.2) is 0 Å². The fourth-order valence-corrected chi connectivity index (χ4v) is 3.05. The first kappa shape index (κ1) is 15.5. The predicted octanol–water partition coefficient (Wildman–Crippen LogP) is 0.979. The molecule has 0 unspecified atom stereocenters. The molecule has 0 bridgehead atoms. The normalized spacial score (nSPS) is 10.1. The summed E-state index contributed by atoms with van der Waals surface area (Å²) in [6.07, 6.45) is 0. The van der Waals surface area contributed by atoms with E-state index in [0.717, 1.165) is 9.78 Å². The lowest BCUT2D eigenvalue weighted by Crippen LogP contribution is -2.40. The molecule has 19 heavy (non-hydrogen) atoms. The van der Waals surface area contributed by atoms with Crippen LogP contribution in [-0.4, -0.2) is 51.8 Å². The van der Waals surface area contributed by atoms with Gasteiger partial charge in [-0.05, 0) is 11.4 Å². The van der Waals surface area contributed by atoms with Gasteiger partial charge in [-0.15, -0.1) is 23.1 Å². The topological polar surface area (TPSA) is 94.9 Å². The Morgan fingerprint density at radius 1 is 1.21 bits per heavy atom.